The minimum absolute atomic E-state index is 0. The SMILES string of the molecule is CN=C(NCc1ccccc1CN(C)Cc1ccco1)N(C)CC1CCOC1.I. The average Bonchev–Trinajstić information content (AvgIpc) is 3.37. The van der Waals surface area contributed by atoms with Crippen molar-refractivity contribution in [3.05, 3.63) is 59.5 Å². The maximum atomic E-state index is 5.49. The summed E-state index contributed by atoms with van der Waals surface area (Å²) < 4.78 is 11.0. The van der Waals surface area contributed by atoms with E-state index in [9.17, 15) is 0 Å². The van der Waals surface area contributed by atoms with E-state index in [1.165, 1.54) is 11.1 Å². The molecule has 0 aliphatic carbocycles. The summed E-state index contributed by atoms with van der Waals surface area (Å²) in [4.78, 5) is 8.92. The molecule has 3 rings (SSSR count). The van der Waals surface area contributed by atoms with E-state index in [2.05, 4.69) is 58.5 Å². The van der Waals surface area contributed by atoms with Gasteiger partial charge in [-0.15, -0.1) is 24.0 Å². The molecule has 7 heteroatoms. The van der Waals surface area contributed by atoms with Gasteiger partial charge in [-0.25, -0.2) is 0 Å². The van der Waals surface area contributed by atoms with Crippen LogP contribution in [0.25, 0.3) is 0 Å². The first kappa shape index (κ1) is 23.7. The molecule has 0 amide bonds. The number of guanidine groups is 1. The second-order valence-corrected chi connectivity index (χ2v) is 7.53. The third kappa shape index (κ3) is 7.31. The standard InChI is InChI=1S/C22H32N4O2.HI/c1-23-22(26(3)14-18-10-12-27-17-18)24-13-19-7-4-5-8-20(19)15-25(2)16-21-9-6-11-28-21;/h4-9,11,18H,10,12-17H2,1-3H3,(H,23,24);1H. The van der Waals surface area contributed by atoms with Gasteiger partial charge in [0.25, 0.3) is 0 Å². The molecule has 0 bridgehead atoms. The van der Waals surface area contributed by atoms with E-state index >= 15 is 0 Å². The van der Waals surface area contributed by atoms with Gasteiger partial charge in [0.2, 0.25) is 0 Å². The molecule has 1 unspecified atom stereocenters. The molecule has 1 N–H and O–H groups in total. The van der Waals surface area contributed by atoms with Gasteiger partial charge in [0.05, 0.1) is 19.4 Å². The number of furan rings is 1. The van der Waals surface area contributed by atoms with Crippen LogP contribution in [0.3, 0.4) is 0 Å². The largest absolute Gasteiger partial charge is 0.468 e. The van der Waals surface area contributed by atoms with Crippen LogP contribution in [-0.2, 0) is 24.4 Å². The lowest BCUT2D eigenvalue weighted by atomic mass is 10.1. The van der Waals surface area contributed by atoms with Crippen LogP contribution in [0.4, 0.5) is 0 Å². The average molecular weight is 512 g/mol. The van der Waals surface area contributed by atoms with Crippen molar-refractivity contribution >= 4 is 29.9 Å². The minimum Gasteiger partial charge on any atom is -0.468 e. The van der Waals surface area contributed by atoms with Gasteiger partial charge in [0, 0.05) is 46.3 Å². The third-order valence-corrected chi connectivity index (χ3v) is 5.13. The van der Waals surface area contributed by atoms with Crippen LogP contribution in [0.1, 0.15) is 23.3 Å². The highest BCUT2D eigenvalue weighted by atomic mass is 127. The fourth-order valence-corrected chi connectivity index (χ4v) is 3.66. The molecule has 1 aromatic carbocycles. The van der Waals surface area contributed by atoms with Crippen LogP contribution in [0.5, 0.6) is 0 Å². The second-order valence-electron chi connectivity index (χ2n) is 7.53. The van der Waals surface area contributed by atoms with Crippen molar-refractivity contribution in [1.82, 2.24) is 15.1 Å². The van der Waals surface area contributed by atoms with Crippen LogP contribution in [-0.4, -0.2) is 56.7 Å². The fraction of sp³-hybridized carbons (Fsp3) is 0.500. The molecule has 1 aliphatic rings. The molecule has 0 radical (unpaired) electrons. The molecule has 6 nitrogen and oxygen atoms in total. The van der Waals surface area contributed by atoms with Crippen LogP contribution in [0.2, 0.25) is 0 Å². The summed E-state index contributed by atoms with van der Waals surface area (Å²) in [7, 11) is 6.05. The zero-order valence-corrected chi connectivity index (χ0v) is 20.0. The molecule has 1 aromatic heterocycles. The number of rotatable bonds is 8. The number of aliphatic imine (C=N–C) groups is 1. The Morgan fingerprint density at radius 2 is 1.93 bits per heavy atom. The van der Waals surface area contributed by atoms with Crippen molar-refractivity contribution < 1.29 is 9.15 Å². The Kier molecular flexibility index (Phi) is 9.96. The highest BCUT2D eigenvalue weighted by Crippen LogP contribution is 2.15. The molecular weight excluding hydrogens is 479 g/mol. The number of ether oxygens (including phenoxy) is 1. The maximum absolute atomic E-state index is 5.49. The Morgan fingerprint density at radius 3 is 2.59 bits per heavy atom. The van der Waals surface area contributed by atoms with Gasteiger partial charge in [-0.1, -0.05) is 24.3 Å². The van der Waals surface area contributed by atoms with Crippen molar-refractivity contribution in [3.8, 4) is 0 Å². The zero-order chi connectivity index (χ0) is 19.8. The zero-order valence-electron chi connectivity index (χ0n) is 17.6. The van der Waals surface area contributed by atoms with Gasteiger partial charge in [-0.2, -0.15) is 0 Å². The summed E-state index contributed by atoms with van der Waals surface area (Å²) >= 11 is 0. The third-order valence-electron chi connectivity index (χ3n) is 5.13. The second kappa shape index (κ2) is 12.2. The summed E-state index contributed by atoms with van der Waals surface area (Å²) in [6, 6.07) is 12.5. The van der Waals surface area contributed by atoms with Crippen molar-refractivity contribution in [2.24, 2.45) is 10.9 Å². The highest BCUT2D eigenvalue weighted by Gasteiger charge is 2.19. The van der Waals surface area contributed by atoms with E-state index < -0.39 is 0 Å². The predicted octanol–water partition coefficient (Wildman–Crippen LogP) is 3.57. The highest BCUT2D eigenvalue weighted by molar-refractivity contribution is 14.0. The van der Waals surface area contributed by atoms with Gasteiger partial charge in [-0.05, 0) is 36.7 Å². The summed E-state index contributed by atoms with van der Waals surface area (Å²) in [5.74, 6) is 2.49. The van der Waals surface area contributed by atoms with E-state index in [1.54, 1.807) is 6.26 Å². The van der Waals surface area contributed by atoms with Gasteiger partial charge in [0.15, 0.2) is 5.96 Å². The molecule has 0 saturated carbocycles. The van der Waals surface area contributed by atoms with E-state index in [4.69, 9.17) is 9.15 Å². The van der Waals surface area contributed by atoms with Crippen LogP contribution in [0, 0.1) is 5.92 Å². The van der Waals surface area contributed by atoms with Gasteiger partial charge in [-0.3, -0.25) is 9.89 Å². The normalized spacial score (nSPS) is 16.7. The van der Waals surface area contributed by atoms with E-state index in [0.717, 1.165) is 57.5 Å². The molecule has 1 atom stereocenters. The minimum atomic E-state index is 0. The molecule has 2 heterocycles. The monoisotopic (exact) mass is 512 g/mol. The van der Waals surface area contributed by atoms with E-state index in [1.807, 2.05) is 19.2 Å². The Morgan fingerprint density at radius 1 is 1.14 bits per heavy atom. The number of nitrogens with zero attached hydrogens (tertiary/aromatic N) is 3. The molecule has 29 heavy (non-hydrogen) atoms. The fourth-order valence-electron chi connectivity index (χ4n) is 3.66. The van der Waals surface area contributed by atoms with Crippen LogP contribution in [0.15, 0.2) is 52.1 Å². The van der Waals surface area contributed by atoms with E-state index in [0.29, 0.717) is 5.92 Å². The number of hydrogen-bond acceptors (Lipinski definition) is 4. The van der Waals surface area contributed by atoms with Crippen molar-refractivity contribution in [3.63, 3.8) is 0 Å². The topological polar surface area (TPSA) is 53.2 Å². The Balaban J connectivity index is 0.00000300. The Hall–Kier alpha value is -1.58. The van der Waals surface area contributed by atoms with E-state index in [-0.39, 0.29) is 24.0 Å². The first-order chi connectivity index (χ1) is 13.7. The number of hydrogen-bond donors (Lipinski definition) is 1. The number of halogens is 1. The van der Waals surface area contributed by atoms with Crippen molar-refractivity contribution in [2.75, 3.05) is 40.9 Å². The molecule has 160 valence electrons. The molecule has 0 spiro atoms. The maximum Gasteiger partial charge on any atom is 0.193 e. The van der Waals surface area contributed by atoms with Crippen molar-refractivity contribution in [1.29, 1.82) is 0 Å². The summed E-state index contributed by atoms with van der Waals surface area (Å²) in [5, 5.41) is 3.52. The lowest BCUT2D eigenvalue weighted by molar-refractivity contribution is 0.181. The first-order valence-corrected chi connectivity index (χ1v) is 9.93. The smallest absolute Gasteiger partial charge is 0.193 e. The summed E-state index contributed by atoms with van der Waals surface area (Å²) in [5.41, 5.74) is 2.60. The number of nitrogens with one attached hydrogen (secondary N) is 1. The lowest BCUT2D eigenvalue weighted by Crippen LogP contribution is -2.41. The van der Waals surface area contributed by atoms with Gasteiger partial charge in [0.1, 0.15) is 5.76 Å². The lowest BCUT2D eigenvalue weighted by Gasteiger charge is -2.25. The molecule has 2 aromatic rings. The van der Waals surface area contributed by atoms with Gasteiger partial charge >= 0.3 is 0 Å². The van der Waals surface area contributed by atoms with Crippen molar-refractivity contribution in [2.45, 2.75) is 26.1 Å². The summed E-state index contributed by atoms with van der Waals surface area (Å²) in [6.45, 7) is 5.11. The molecule has 1 aliphatic heterocycles. The molecule has 1 saturated heterocycles. The first-order valence-electron chi connectivity index (χ1n) is 9.93. The Labute approximate surface area is 191 Å². The molecular formula is C22H33IN4O2. The quantitative estimate of drug-likeness (QED) is 0.333. The number of benzene rings is 1. The summed E-state index contributed by atoms with van der Waals surface area (Å²) in [6.07, 6.45) is 2.85. The molecule has 1 fully saturated rings. The van der Waals surface area contributed by atoms with Crippen LogP contribution < -0.4 is 5.32 Å². The predicted molar refractivity (Wildman–Crippen MR) is 127 cm³/mol. The Bertz CT molecular complexity index is 745. The van der Waals surface area contributed by atoms with Gasteiger partial charge < -0.3 is 19.4 Å². The van der Waals surface area contributed by atoms with Crippen LogP contribution >= 0.6 is 24.0 Å².